The van der Waals surface area contributed by atoms with Crippen molar-refractivity contribution in [3.63, 3.8) is 0 Å². The van der Waals surface area contributed by atoms with E-state index in [-0.39, 0.29) is 53.2 Å². The number of hydrogen-bond acceptors (Lipinski definition) is 8. The van der Waals surface area contributed by atoms with E-state index in [1.165, 1.54) is 6.07 Å². The van der Waals surface area contributed by atoms with Crippen LogP contribution in [0.3, 0.4) is 0 Å². The second-order valence-electron chi connectivity index (χ2n) is 14.5. The smallest absolute Gasteiger partial charge is 0.420 e. The van der Waals surface area contributed by atoms with E-state index in [0.29, 0.717) is 65.8 Å². The zero-order valence-corrected chi connectivity index (χ0v) is 30.3. The summed E-state index contributed by atoms with van der Waals surface area (Å²) < 4.78 is 99.7. The quantitative estimate of drug-likeness (QED) is 0.129. The molecule has 0 saturated carbocycles. The maximum absolute atomic E-state index is 14.3. The van der Waals surface area contributed by atoms with Crippen LogP contribution in [0.1, 0.15) is 40.7 Å². The molecule has 0 spiro atoms. The summed E-state index contributed by atoms with van der Waals surface area (Å²) >= 11 is 0. The van der Waals surface area contributed by atoms with Crippen LogP contribution < -0.4 is 4.74 Å². The van der Waals surface area contributed by atoms with Crippen LogP contribution in [-0.4, -0.2) is 69.8 Å². The van der Waals surface area contributed by atoms with E-state index < -0.39 is 37.0 Å². The van der Waals surface area contributed by atoms with E-state index in [2.05, 4.69) is 9.97 Å². The molecule has 2 aliphatic rings. The molecule has 9 nitrogen and oxygen atoms in total. The Bertz CT molecular complexity index is 2460. The molecule has 4 heterocycles. The highest BCUT2D eigenvalue weighted by Crippen LogP contribution is 2.42. The largest absolute Gasteiger partial charge is 0.480 e. The average molecular weight is 779 g/mol. The number of aliphatic carboxylic acids is 1. The van der Waals surface area contributed by atoms with Gasteiger partial charge in [0.15, 0.2) is 11.2 Å². The molecule has 1 atom stereocenters. The van der Waals surface area contributed by atoms with Crippen molar-refractivity contribution in [2.24, 2.45) is 5.92 Å². The van der Waals surface area contributed by atoms with Crippen LogP contribution in [0, 0.1) is 19.8 Å². The maximum atomic E-state index is 14.3. The maximum Gasteiger partial charge on any atom is 0.420 e. The summed E-state index contributed by atoms with van der Waals surface area (Å²) in [5.74, 6) is -0.980. The number of fused-ring (bicyclic) bond motifs is 2. The van der Waals surface area contributed by atoms with Crippen LogP contribution in [0.4, 0.5) is 26.3 Å². The van der Waals surface area contributed by atoms with Crippen LogP contribution in [0.25, 0.3) is 56.2 Å². The summed E-state index contributed by atoms with van der Waals surface area (Å²) in [4.78, 5) is 24.6. The third-order valence-electron chi connectivity index (χ3n) is 10.7. The van der Waals surface area contributed by atoms with Crippen molar-refractivity contribution in [1.82, 2.24) is 19.8 Å². The van der Waals surface area contributed by atoms with Crippen molar-refractivity contribution >= 4 is 28.2 Å². The highest BCUT2D eigenvalue weighted by Gasteiger charge is 2.37. The zero-order valence-electron chi connectivity index (χ0n) is 30.3. The van der Waals surface area contributed by atoms with Crippen molar-refractivity contribution < 1.29 is 49.8 Å². The number of benzene rings is 4. The normalized spacial score (nSPS) is 17.1. The van der Waals surface area contributed by atoms with Gasteiger partial charge in [-0.25, -0.2) is 9.97 Å². The van der Waals surface area contributed by atoms with E-state index in [4.69, 9.17) is 13.6 Å². The first-order chi connectivity index (χ1) is 26.8. The lowest BCUT2D eigenvalue weighted by Crippen LogP contribution is -2.46. The molecule has 6 aromatic rings. The Balaban J connectivity index is 1.13. The molecule has 2 fully saturated rings. The van der Waals surface area contributed by atoms with Crippen LogP contribution in [0.2, 0.25) is 0 Å². The van der Waals surface area contributed by atoms with Crippen molar-refractivity contribution in [2.45, 2.75) is 58.6 Å². The molecule has 2 aromatic heterocycles. The fourth-order valence-corrected chi connectivity index (χ4v) is 7.94. The molecule has 2 saturated heterocycles. The predicted molar refractivity (Wildman–Crippen MR) is 195 cm³/mol. The third-order valence-corrected chi connectivity index (χ3v) is 10.7. The summed E-state index contributed by atoms with van der Waals surface area (Å²) in [5, 5.41) is 9.64. The van der Waals surface area contributed by atoms with E-state index >= 15 is 0 Å². The van der Waals surface area contributed by atoms with Crippen LogP contribution in [-0.2, 0) is 24.1 Å². The molecule has 0 unspecified atom stereocenters. The van der Waals surface area contributed by atoms with Gasteiger partial charge >= 0.3 is 18.8 Å². The van der Waals surface area contributed by atoms with Crippen molar-refractivity contribution in [3.05, 3.63) is 88.5 Å². The Kier molecular flexibility index (Phi) is 9.77. The zero-order chi connectivity index (χ0) is 39.5. The Labute approximate surface area is 316 Å². The standard InChI is InChI=1S/C41H36F6N4O5/c1-21-26(6-3-8-28(21)37-48-31-14-25(20-51-11-5-10-33(51)39(52)53)34(55-40(43)44)15-35(31)54-37)27-7-4-9-29(22(27)2)38-49-32-13-23(17-50-18-24(16-42)19-50)12-30(36(32)56-38)41(45,46)47/h3-4,6-9,12-15,24,33,40H,5,10-11,16-20H2,1-2H3,(H,52,53)/t33-/m0/s1. The van der Waals surface area contributed by atoms with E-state index in [0.717, 1.165) is 22.8 Å². The molecular formula is C41H36F6N4O5. The van der Waals surface area contributed by atoms with Crippen LogP contribution in [0.5, 0.6) is 5.75 Å². The molecule has 15 heteroatoms. The van der Waals surface area contributed by atoms with Gasteiger partial charge in [0.05, 0.1) is 6.67 Å². The Morgan fingerprint density at radius 1 is 0.911 bits per heavy atom. The highest BCUT2D eigenvalue weighted by atomic mass is 19.4. The number of halogens is 6. The first kappa shape index (κ1) is 37.5. The van der Waals surface area contributed by atoms with Gasteiger partial charge in [-0.2, -0.15) is 22.0 Å². The molecule has 56 heavy (non-hydrogen) atoms. The number of alkyl halides is 6. The van der Waals surface area contributed by atoms with Gasteiger partial charge in [0.25, 0.3) is 0 Å². The molecule has 292 valence electrons. The lowest BCUT2D eigenvalue weighted by Gasteiger charge is -2.37. The van der Waals surface area contributed by atoms with Gasteiger partial charge in [0.2, 0.25) is 11.8 Å². The van der Waals surface area contributed by atoms with E-state index in [1.54, 1.807) is 41.3 Å². The average Bonchev–Trinajstić information content (AvgIpc) is 3.87. The monoisotopic (exact) mass is 778 g/mol. The Morgan fingerprint density at radius 2 is 1.55 bits per heavy atom. The van der Waals surface area contributed by atoms with Gasteiger partial charge in [-0.15, -0.1) is 0 Å². The molecule has 2 aliphatic heterocycles. The van der Waals surface area contributed by atoms with Gasteiger partial charge in [0.1, 0.15) is 28.4 Å². The molecule has 4 aromatic carbocycles. The second kappa shape index (κ2) is 14.6. The molecule has 0 amide bonds. The van der Waals surface area contributed by atoms with E-state index in [1.807, 2.05) is 30.9 Å². The fraction of sp³-hybridized carbons (Fsp3) is 0.341. The number of ether oxygens (including phenoxy) is 1. The van der Waals surface area contributed by atoms with Crippen LogP contribution >= 0.6 is 0 Å². The Hall–Kier alpha value is -5.41. The number of hydrogen-bond donors (Lipinski definition) is 1. The van der Waals surface area contributed by atoms with Crippen molar-refractivity contribution in [1.29, 1.82) is 0 Å². The predicted octanol–water partition coefficient (Wildman–Crippen LogP) is 9.66. The number of likely N-dealkylation sites (tertiary alicyclic amines) is 2. The molecule has 8 rings (SSSR count). The second-order valence-corrected chi connectivity index (χ2v) is 14.5. The van der Waals surface area contributed by atoms with Crippen molar-refractivity contribution in [3.8, 4) is 39.8 Å². The number of rotatable bonds is 11. The minimum atomic E-state index is -4.70. The fourth-order valence-electron chi connectivity index (χ4n) is 7.94. The van der Waals surface area contributed by atoms with E-state index in [9.17, 15) is 36.2 Å². The highest BCUT2D eigenvalue weighted by molar-refractivity contribution is 5.86. The summed E-state index contributed by atoms with van der Waals surface area (Å²) in [7, 11) is 0. The van der Waals surface area contributed by atoms with Crippen LogP contribution in [0.15, 0.2) is 69.5 Å². The SMILES string of the molecule is Cc1c(-c2nc3cc(CN4CCC[C@H]4C(=O)O)c(OC(F)F)cc3o2)cccc1-c1cccc(-c2nc3cc(CN4CC(CF)C4)cc(C(F)(F)F)c3o2)c1C. The number of carboxylic acid groups (broad SMARTS) is 1. The summed E-state index contributed by atoms with van der Waals surface area (Å²) in [6.45, 7) is 1.87. The molecular weight excluding hydrogens is 742 g/mol. The third kappa shape index (κ3) is 7.09. The van der Waals surface area contributed by atoms with Gasteiger partial charge < -0.3 is 18.7 Å². The molecule has 0 bridgehead atoms. The molecule has 0 aliphatic carbocycles. The van der Waals surface area contributed by atoms with Gasteiger partial charge in [-0.1, -0.05) is 24.3 Å². The lowest BCUT2D eigenvalue weighted by atomic mass is 9.91. The first-order valence-electron chi connectivity index (χ1n) is 18.1. The minimum absolute atomic E-state index is 0.0254. The number of nitrogens with zero attached hydrogens (tertiary/aromatic N) is 4. The topological polar surface area (TPSA) is 105 Å². The number of carbonyl (C=O) groups is 1. The summed E-state index contributed by atoms with van der Waals surface area (Å²) in [6, 6.07) is 15.7. The number of aromatic nitrogens is 2. The van der Waals surface area contributed by atoms with Gasteiger partial charge in [-0.05, 0) is 91.4 Å². The van der Waals surface area contributed by atoms with Crippen molar-refractivity contribution in [2.75, 3.05) is 26.3 Å². The molecule has 0 radical (unpaired) electrons. The van der Waals surface area contributed by atoms with Gasteiger partial charge in [0, 0.05) is 54.9 Å². The number of carboxylic acids is 1. The summed E-state index contributed by atoms with van der Waals surface area (Å²) in [5.41, 5.74) is 4.19. The van der Waals surface area contributed by atoms with Gasteiger partial charge in [-0.3, -0.25) is 19.0 Å². The lowest BCUT2D eigenvalue weighted by molar-refractivity contribution is -0.142. The molecule has 1 N–H and O–H groups in total. The first-order valence-corrected chi connectivity index (χ1v) is 18.1. The Morgan fingerprint density at radius 3 is 2.18 bits per heavy atom. The minimum Gasteiger partial charge on any atom is -0.480 e. The number of oxazole rings is 2. The summed E-state index contributed by atoms with van der Waals surface area (Å²) in [6.07, 6.45) is -3.58.